The highest BCUT2D eigenvalue weighted by atomic mass is 16.2. The van der Waals surface area contributed by atoms with Gasteiger partial charge in [0.2, 0.25) is 5.91 Å². The van der Waals surface area contributed by atoms with Crippen molar-refractivity contribution in [1.29, 1.82) is 0 Å². The molecule has 1 aliphatic heterocycles. The summed E-state index contributed by atoms with van der Waals surface area (Å²) in [5.41, 5.74) is 1.87. The molecule has 0 aliphatic carbocycles. The highest BCUT2D eigenvalue weighted by molar-refractivity contribution is 5.92. The van der Waals surface area contributed by atoms with Crippen molar-refractivity contribution in [3.63, 3.8) is 0 Å². The molecule has 1 atom stereocenters. The molecule has 0 aromatic heterocycles. The van der Waals surface area contributed by atoms with Gasteiger partial charge in [0.15, 0.2) is 5.78 Å². The summed E-state index contributed by atoms with van der Waals surface area (Å²) in [5.74, 6) is 0.147. The lowest BCUT2D eigenvalue weighted by atomic mass is 9.85. The van der Waals surface area contributed by atoms with E-state index in [1.54, 1.807) is 4.90 Å². The summed E-state index contributed by atoms with van der Waals surface area (Å²) in [4.78, 5) is 27.1. The molecule has 114 valence electrons. The van der Waals surface area contributed by atoms with Crippen molar-refractivity contribution in [1.82, 2.24) is 4.90 Å². The molecule has 0 radical (unpaired) electrons. The molecule has 0 spiro atoms. The maximum absolute atomic E-state index is 12.7. The molecule has 1 amide bonds. The normalized spacial score (nSPS) is 18.6. The van der Waals surface area contributed by atoms with Crippen LogP contribution in [0.25, 0.3) is 0 Å². The summed E-state index contributed by atoms with van der Waals surface area (Å²) in [6, 6.07) is 7.77. The number of amides is 1. The fourth-order valence-electron chi connectivity index (χ4n) is 2.81. The molecule has 1 unspecified atom stereocenters. The molecule has 0 N–H and O–H groups in total. The van der Waals surface area contributed by atoms with Crippen LogP contribution in [0.15, 0.2) is 24.3 Å². The predicted octanol–water partition coefficient (Wildman–Crippen LogP) is 3.21. The summed E-state index contributed by atoms with van der Waals surface area (Å²) < 4.78 is 0. The number of ketones is 1. The van der Waals surface area contributed by atoms with Crippen molar-refractivity contribution in [2.45, 2.75) is 53.6 Å². The Morgan fingerprint density at radius 1 is 1.14 bits per heavy atom. The summed E-state index contributed by atoms with van der Waals surface area (Å²) >= 11 is 0. The van der Waals surface area contributed by atoms with E-state index < -0.39 is 5.41 Å². The lowest BCUT2D eigenvalue weighted by Crippen LogP contribution is -2.53. The monoisotopic (exact) mass is 287 g/mol. The van der Waals surface area contributed by atoms with Gasteiger partial charge in [-0.3, -0.25) is 9.59 Å². The summed E-state index contributed by atoms with van der Waals surface area (Å²) in [6.45, 7) is 10.1. The maximum Gasteiger partial charge on any atom is 0.228 e. The van der Waals surface area contributed by atoms with Crippen molar-refractivity contribution in [2.75, 3.05) is 0 Å². The molecule has 3 nitrogen and oxygen atoms in total. The van der Waals surface area contributed by atoms with Crippen LogP contribution < -0.4 is 0 Å². The number of carbonyl (C=O) groups excluding carboxylic acids is 2. The van der Waals surface area contributed by atoms with Crippen molar-refractivity contribution < 1.29 is 9.59 Å². The standard InChI is InChI=1S/C18H25NO2/c1-12(2)16(20)15-10-13-8-6-7-9-14(13)11-19(15)17(21)18(3,4)5/h6-9,12,15H,10-11H2,1-5H3. The second-order valence-electron chi connectivity index (χ2n) is 7.23. The molecule has 0 saturated carbocycles. The van der Waals surface area contributed by atoms with Gasteiger partial charge in [0.05, 0.1) is 6.04 Å². The predicted molar refractivity (Wildman–Crippen MR) is 83.8 cm³/mol. The highest BCUT2D eigenvalue weighted by Crippen LogP contribution is 2.29. The molecule has 0 fully saturated rings. The molecule has 1 heterocycles. The number of nitrogens with zero attached hydrogens (tertiary/aromatic N) is 1. The Labute approximate surface area is 127 Å². The number of Topliss-reactive ketones (excluding diaryl/α,β-unsaturated/α-hetero) is 1. The zero-order valence-corrected chi connectivity index (χ0v) is 13.6. The number of hydrogen-bond acceptors (Lipinski definition) is 2. The van der Waals surface area contributed by atoms with Crippen LogP contribution in [0.5, 0.6) is 0 Å². The largest absolute Gasteiger partial charge is 0.328 e. The summed E-state index contributed by atoms with van der Waals surface area (Å²) in [6.07, 6.45) is 0.634. The summed E-state index contributed by atoms with van der Waals surface area (Å²) in [7, 11) is 0. The van der Waals surface area contributed by atoms with Gasteiger partial charge in [0.1, 0.15) is 0 Å². The van der Waals surface area contributed by atoms with Crippen LogP contribution in [0.1, 0.15) is 45.7 Å². The van der Waals surface area contributed by atoms with Gasteiger partial charge in [-0.25, -0.2) is 0 Å². The van der Waals surface area contributed by atoms with Crippen LogP contribution in [-0.2, 0) is 22.6 Å². The minimum absolute atomic E-state index is 0.0519. The second kappa shape index (κ2) is 5.63. The molecule has 3 heteroatoms. The topological polar surface area (TPSA) is 37.4 Å². The van der Waals surface area contributed by atoms with Gasteiger partial charge in [0, 0.05) is 24.3 Å². The number of hydrogen-bond donors (Lipinski definition) is 0. The Kier molecular flexibility index (Phi) is 4.22. The fourth-order valence-corrected chi connectivity index (χ4v) is 2.81. The van der Waals surface area contributed by atoms with Gasteiger partial charge in [0.25, 0.3) is 0 Å². The first-order valence-corrected chi connectivity index (χ1v) is 7.63. The van der Waals surface area contributed by atoms with Crippen LogP contribution in [0, 0.1) is 11.3 Å². The summed E-state index contributed by atoms with van der Waals surface area (Å²) in [5, 5.41) is 0. The van der Waals surface area contributed by atoms with Gasteiger partial charge < -0.3 is 4.90 Å². The van der Waals surface area contributed by atoms with E-state index in [1.165, 1.54) is 5.56 Å². The van der Waals surface area contributed by atoms with Crippen LogP contribution in [0.3, 0.4) is 0 Å². The number of rotatable bonds is 2. The second-order valence-corrected chi connectivity index (χ2v) is 7.23. The lowest BCUT2D eigenvalue weighted by molar-refractivity contribution is -0.148. The minimum atomic E-state index is -0.470. The van der Waals surface area contributed by atoms with Gasteiger partial charge in [-0.15, -0.1) is 0 Å². The SMILES string of the molecule is CC(C)C(=O)C1Cc2ccccc2CN1C(=O)C(C)(C)C. The third-order valence-electron chi connectivity index (χ3n) is 4.05. The van der Waals surface area contributed by atoms with E-state index in [-0.39, 0.29) is 23.7 Å². The maximum atomic E-state index is 12.7. The van der Waals surface area contributed by atoms with Gasteiger partial charge >= 0.3 is 0 Å². The number of carbonyl (C=O) groups is 2. The average Bonchev–Trinajstić information content (AvgIpc) is 2.43. The van der Waals surface area contributed by atoms with E-state index in [1.807, 2.05) is 52.8 Å². The smallest absolute Gasteiger partial charge is 0.228 e. The zero-order valence-electron chi connectivity index (χ0n) is 13.6. The van der Waals surface area contributed by atoms with E-state index in [0.29, 0.717) is 13.0 Å². The molecule has 2 rings (SSSR count). The third kappa shape index (κ3) is 3.17. The molecule has 1 aliphatic rings. The quantitative estimate of drug-likeness (QED) is 0.837. The Bertz CT molecular complexity index is 555. The van der Waals surface area contributed by atoms with Crippen LogP contribution in [0.2, 0.25) is 0 Å². The van der Waals surface area contributed by atoms with Gasteiger partial charge in [-0.2, -0.15) is 0 Å². The first-order chi connectivity index (χ1) is 9.71. The van der Waals surface area contributed by atoms with E-state index >= 15 is 0 Å². The Morgan fingerprint density at radius 3 is 2.24 bits per heavy atom. The Morgan fingerprint density at radius 2 is 1.71 bits per heavy atom. The Balaban J connectivity index is 2.40. The molecular weight excluding hydrogens is 262 g/mol. The lowest BCUT2D eigenvalue weighted by Gasteiger charge is -2.40. The highest BCUT2D eigenvalue weighted by Gasteiger charge is 2.38. The molecule has 21 heavy (non-hydrogen) atoms. The Hall–Kier alpha value is -1.64. The number of fused-ring (bicyclic) bond motifs is 1. The molecule has 0 saturated heterocycles. The molecule has 0 bridgehead atoms. The van der Waals surface area contributed by atoms with Crippen molar-refractivity contribution in [3.8, 4) is 0 Å². The van der Waals surface area contributed by atoms with Crippen LogP contribution in [0.4, 0.5) is 0 Å². The van der Waals surface area contributed by atoms with Gasteiger partial charge in [-0.1, -0.05) is 58.9 Å². The van der Waals surface area contributed by atoms with E-state index in [0.717, 1.165) is 5.56 Å². The van der Waals surface area contributed by atoms with Crippen molar-refractivity contribution >= 4 is 11.7 Å². The molecule has 1 aromatic carbocycles. The fraction of sp³-hybridized carbons (Fsp3) is 0.556. The molecular formula is C18H25NO2. The first kappa shape index (κ1) is 15.7. The van der Waals surface area contributed by atoms with Crippen LogP contribution >= 0.6 is 0 Å². The zero-order chi connectivity index (χ0) is 15.8. The van der Waals surface area contributed by atoms with E-state index in [2.05, 4.69) is 6.07 Å². The van der Waals surface area contributed by atoms with E-state index in [9.17, 15) is 9.59 Å². The molecule has 1 aromatic rings. The minimum Gasteiger partial charge on any atom is -0.328 e. The average molecular weight is 287 g/mol. The first-order valence-electron chi connectivity index (χ1n) is 7.63. The number of benzene rings is 1. The third-order valence-corrected chi connectivity index (χ3v) is 4.05. The van der Waals surface area contributed by atoms with Crippen molar-refractivity contribution in [2.24, 2.45) is 11.3 Å². The van der Waals surface area contributed by atoms with E-state index in [4.69, 9.17) is 0 Å². The van der Waals surface area contributed by atoms with Crippen LogP contribution in [-0.4, -0.2) is 22.6 Å². The van der Waals surface area contributed by atoms with Gasteiger partial charge in [-0.05, 0) is 11.1 Å². The van der Waals surface area contributed by atoms with Crippen molar-refractivity contribution in [3.05, 3.63) is 35.4 Å².